The van der Waals surface area contributed by atoms with Gasteiger partial charge in [0.1, 0.15) is 5.75 Å². The summed E-state index contributed by atoms with van der Waals surface area (Å²) in [4.78, 5) is 4.02. The minimum Gasteiger partial charge on any atom is -0.508 e. The Morgan fingerprint density at radius 3 is 2.21 bits per heavy atom. The fourth-order valence-corrected chi connectivity index (χ4v) is 3.22. The average Bonchev–Trinajstić information content (AvgIpc) is 2.41. The predicted molar refractivity (Wildman–Crippen MR) is 72.5 cm³/mol. The van der Waals surface area contributed by atoms with Crippen LogP contribution in [0.4, 0.5) is 5.69 Å². The van der Waals surface area contributed by atoms with Crippen LogP contribution in [-0.2, 0) is 10.0 Å². The number of hydrogen-bond acceptors (Lipinski definition) is 4. The van der Waals surface area contributed by atoms with Crippen LogP contribution in [0.5, 0.6) is 5.75 Å². The first kappa shape index (κ1) is 13.4. The van der Waals surface area contributed by atoms with Gasteiger partial charge in [-0.25, -0.2) is 8.42 Å². The second-order valence-corrected chi connectivity index (χ2v) is 5.73. The average molecular weight is 278 g/mol. The maximum Gasteiger partial charge on any atom is 0.264 e. The van der Waals surface area contributed by atoms with E-state index in [0.29, 0.717) is 12.2 Å². The van der Waals surface area contributed by atoms with E-state index in [1.807, 2.05) is 0 Å². The van der Waals surface area contributed by atoms with Gasteiger partial charge < -0.3 is 5.11 Å². The van der Waals surface area contributed by atoms with Gasteiger partial charge in [-0.05, 0) is 43.3 Å². The van der Waals surface area contributed by atoms with E-state index < -0.39 is 10.0 Å². The van der Waals surface area contributed by atoms with E-state index in [1.165, 1.54) is 28.6 Å². The molecule has 100 valence electrons. The lowest BCUT2D eigenvalue weighted by atomic mass is 10.3. The first-order chi connectivity index (χ1) is 9.05. The molecule has 5 nitrogen and oxygen atoms in total. The quantitative estimate of drug-likeness (QED) is 0.928. The van der Waals surface area contributed by atoms with Crippen LogP contribution in [0.25, 0.3) is 0 Å². The van der Waals surface area contributed by atoms with Crippen molar-refractivity contribution in [3.05, 3.63) is 48.8 Å². The molecule has 0 bridgehead atoms. The predicted octanol–water partition coefficient (Wildman–Crippen LogP) is 2.00. The van der Waals surface area contributed by atoms with Gasteiger partial charge in [0.25, 0.3) is 10.0 Å². The molecule has 6 heteroatoms. The third-order valence-corrected chi connectivity index (χ3v) is 4.58. The van der Waals surface area contributed by atoms with E-state index in [0.717, 1.165) is 0 Å². The molecule has 0 fully saturated rings. The first-order valence-electron chi connectivity index (χ1n) is 5.77. The van der Waals surface area contributed by atoms with E-state index in [2.05, 4.69) is 4.98 Å². The fourth-order valence-electron chi connectivity index (χ4n) is 1.75. The molecule has 0 atom stereocenters. The lowest BCUT2D eigenvalue weighted by Gasteiger charge is -2.22. The molecular formula is C13H14N2O3S. The molecule has 0 unspecified atom stereocenters. The lowest BCUT2D eigenvalue weighted by molar-refractivity contribution is 0.475. The zero-order valence-corrected chi connectivity index (χ0v) is 11.2. The molecule has 0 radical (unpaired) electrons. The van der Waals surface area contributed by atoms with Gasteiger partial charge in [-0.15, -0.1) is 0 Å². The minimum atomic E-state index is -3.63. The second kappa shape index (κ2) is 5.27. The largest absolute Gasteiger partial charge is 0.508 e. The standard InChI is InChI=1S/C13H14N2O3S/c1-2-15(11-7-9-14-10-8-11)19(17,18)13-5-3-12(16)4-6-13/h3-10,16H,2H2,1H3. The minimum absolute atomic E-state index is 0.0332. The Morgan fingerprint density at radius 1 is 1.11 bits per heavy atom. The third kappa shape index (κ3) is 2.68. The summed E-state index contributed by atoms with van der Waals surface area (Å²) < 4.78 is 26.3. The van der Waals surface area contributed by atoms with Crippen molar-refractivity contribution in [3.63, 3.8) is 0 Å². The molecule has 0 saturated heterocycles. The molecule has 0 aliphatic rings. The number of hydrogen-bond donors (Lipinski definition) is 1. The van der Waals surface area contributed by atoms with Gasteiger partial charge in [-0.1, -0.05) is 0 Å². The number of nitrogens with zero attached hydrogens (tertiary/aromatic N) is 2. The third-order valence-electron chi connectivity index (χ3n) is 2.66. The molecule has 0 saturated carbocycles. The Kier molecular flexibility index (Phi) is 3.71. The zero-order valence-electron chi connectivity index (χ0n) is 10.4. The molecule has 2 rings (SSSR count). The number of phenols is 1. The van der Waals surface area contributed by atoms with E-state index in [1.54, 1.807) is 31.5 Å². The number of benzene rings is 1. The van der Waals surface area contributed by atoms with Gasteiger partial charge in [0, 0.05) is 18.9 Å². The second-order valence-electron chi connectivity index (χ2n) is 3.87. The molecule has 1 aromatic heterocycles. The van der Waals surface area contributed by atoms with Crippen molar-refractivity contribution < 1.29 is 13.5 Å². The number of aromatic nitrogens is 1. The Morgan fingerprint density at radius 2 is 1.68 bits per heavy atom. The highest BCUT2D eigenvalue weighted by Gasteiger charge is 2.23. The Hall–Kier alpha value is -2.08. The fraction of sp³-hybridized carbons (Fsp3) is 0.154. The topological polar surface area (TPSA) is 70.5 Å². The summed E-state index contributed by atoms with van der Waals surface area (Å²) in [6.07, 6.45) is 3.09. The van der Waals surface area contributed by atoms with Gasteiger partial charge in [0.2, 0.25) is 0 Å². The Bertz CT molecular complexity index is 639. The Labute approximate surface area is 112 Å². The van der Waals surface area contributed by atoms with Crippen LogP contribution in [0, 0.1) is 0 Å². The zero-order chi connectivity index (χ0) is 13.9. The highest BCUT2D eigenvalue weighted by Crippen LogP contribution is 2.23. The summed E-state index contributed by atoms with van der Waals surface area (Å²) in [6, 6.07) is 8.76. The van der Waals surface area contributed by atoms with Crippen molar-refractivity contribution in [2.45, 2.75) is 11.8 Å². The normalized spacial score (nSPS) is 11.2. The summed E-state index contributed by atoms with van der Waals surface area (Å²) in [5.74, 6) is 0.0332. The number of pyridine rings is 1. The molecule has 1 heterocycles. The van der Waals surface area contributed by atoms with Crippen LogP contribution >= 0.6 is 0 Å². The number of sulfonamides is 1. The van der Waals surface area contributed by atoms with Crippen molar-refractivity contribution in [1.82, 2.24) is 4.98 Å². The molecule has 0 amide bonds. The van der Waals surface area contributed by atoms with Gasteiger partial charge in [0.15, 0.2) is 0 Å². The molecule has 1 N–H and O–H groups in total. The number of aromatic hydroxyl groups is 1. The van der Waals surface area contributed by atoms with E-state index in [4.69, 9.17) is 0 Å². The summed E-state index contributed by atoms with van der Waals surface area (Å²) in [5, 5.41) is 9.22. The maximum absolute atomic E-state index is 12.5. The molecule has 1 aromatic carbocycles. The van der Waals surface area contributed by atoms with Crippen LogP contribution in [0.1, 0.15) is 6.92 Å². The molecule has 2 aromatic rings. The van der Waals surface area contributed by atoms with Crippen LogP contribution in [0.15, 0.2) is 53.7 Å². The van der Waals surface area contributed by atoms with E-state index in [-0.39, 0.29) is 10.6 Å². The first-order valence-corrected chi connectivity index (χ1v) is 7.21. The summed E-state index contributed by atoms with van der Waals surface area (Å²) >= 11 is 0. The summed E-state index contributed by atoms with van der Waals surface area (Å²) in [7, 11) is -3.63. The number of anilines is 1. The molecule has 0 aliphatic carbocycles. The summed E-state index contributed by atoms with van der Waals surface area (Å²) in [5.41, 5.74) is 0.561. The van der Waals surface area contributed by atoms with E-state index in [9.17, 15) is 13.5 Å². The molecule has 19 heavy (non-hydrogen) atoms. The SMILES string of the molecule is CCN(c1ccncc1)S(=O)(=O)c1ccc(O)cc1. The lowest BCUT2D eigenvalue weighted by Crippen LogP contribution is -2.30. The number of phenolic OH excluding ortho intramolecular Hbond substituents is 1. The van der Waals surface area contributed by atoms with Crippen molar-refractivity contribution in [2.24, 2.45) is 0 Å². The van der Waals surface area contributed by atoms with Crippen LogP contribution in [0.3, 0.4) is 0 Å². The van der Waals surface area contributed by atoms with Crippen molar-refractivity contribution in [1.29, 1.82) is 0 Å². The van der Waals surface area contributed by atoms with Gasteiger partial charge in [0.05, 0.1) is 10.6 Å². The van der Waals surface area contributed by atoms with Crippen LogP contribution in [-0.4, -0.2) is 25.1 Å². The highest BCUT2D eigenvalue weighted by molar-refractivity contribution is 7.92. The summed E-state index contributed by atoms with van der Waals surface area (Å²) in [6.45, 7) is 2.08. The molecule has 0 spiro atoms. The van der Waals surface area contributed by atoms with Crippen molar-refractivity contribution >= 4 is 15.7 Å². The van der Waals surface area contributed by atoms with Crippen molar-refractivity contribution in [3.8, 4) is 5.75 Å². The monoisotopic (exact) mass is 278 g/mol. The maximum atomic E-state index is 12.5. The number of rotatable bonds is 4. The van der Waals surface area contributed by atoms with Gasteiger partial charge >= 0.3 is 0 Å². The van der Waals surface area contributed by atoms with Gasteiger partial charge in [-0.3, -0.25) is 9.29 Å². The van der Waals surface area contributed by atoms with Crippen LogP contribution in [0.2, 0.25) is 0 Å². The Balaban J connectivity index is 2.45. The highest BCUT2D eigenvalue weighted by atomic mass is 32.2. The smallest absolute Gasteiger partial charge is 0.264 e. The van der Waals surface area contributed by atoms with Crippen molar-refractivity contribution in [2.75, 3.05) is 10.8 Å². The van der Waals surface area contributed by atoms with Crippen LogP contribution < -0.4 is 4.31 Å². The molecule has 0 aliphatic heterocycles. The molecular weight excluding hydrogens is 264 g/mol. The van der Waals surface area contributed by atoms with E-state index >= 15 is 0 Å². The van der Waals surface area contributed by atoms with Gasteiger partial charge in [-0.2, -0.15) is 0 Å².